The van der Waals surface area contributed by atoms with Crippen LogP contribution in [0.25, 0.3) is 0 Å². The Hall–Kier alpha value is -1.19. The third kappa shape index (κ3) is 2.45. The molecule has 1 heterocycles. The average molecular weight is 259 g/mol. The van der Waals surface area contributed by atoms with E-state index in [4.69, 9.17) is 10.5 Å². The summed E-state index contributed by atoms with van der Waals surface area (Å²) < 4.78 is 5.79. The molecule has 0 spiro atoms. The van der Waals surface area contributed by atoms with Crippen LogP contribution in [-0.2, 0) is 16.0 Å². The van der Waals surface area contributed by atoms with Crippen molar-refractivity contribution in [2.75, 3.05) is 6.61 Å². The van der Waals surface area contributed by atoms with Crippen LogP contribution in [0.5, 0.6) is 0 Å². The maximum Gasteiger partial charge on any atom is 0.155 e. The van der Waals surface area contributed by atoms with E-state index >= 15 is 0 Å². The molecule has 0 radical (unpaired) electrons. The van der Waals surface area contributed by atoms with Crippen molar-refractivity contribution >= 4 is 5.78 Å². The summed E-state index contributed by atoms with van der Waals surface area (Å²) in [6.07, 6.45) is 3.39. The van der Waals surface area contributed by atoms with Crippen LogP contribution in [0, 0.1) is 5.92 Å². The van der Waals surface area contributed by atoms with Gasteiger partial charge in [0, 0.05) is 6.42 Å². The molecule has 102 valence electrons. The van der Waals surface area contributed by atoms with Crippen molar-refractivity contribution in [2.45, 2.75) is 44.2 Å². The molecule has 1 fully saturated rings. The first-order chi connectivity index (χ1) is 9.09. The lowest BCUT2D eigenvalue weighted by Gasteiger charge is -2.29. The summed E-state index contributed by atoms with van der Waals surface area (Å²) >= 11 is 0. The Morgan fingerprint density at radius 2 is 2.16 bits per heavy atom. The van der Waals surface area contributed by atoms with E-state index in [0.717, 1.165) is 24.8 Å². The zero-order valence-corrected chi connectivity index (χ0v) is 11.4. The molecule has 0 aromatic heterocycles. The minimum atomic E-state index is -0.671. The highest BCUT2D eigenvalue weighted by Gasteiger charge is 2.44. The highest BCUT2D eigenvalue weighted by atomic mass is 16.5. The molecule has 0 saturated heterocycles. The Bertz CT molecular complexity index is 491. The fourth-order valence-electron chi connectivity index (χ4n) is 2.94. The van der Waals surface area contributed by atoms with E-state index < -0.39 is 5.54 Å². The zero-order chi connectivity index (χ0) is 13.5. The van der Waals surface area contributed by atoms with Crippen LogP contribution in [0.1, 0.15) is 43.4 Å². The third-order valence-electron chi connectivity index (χ3n) is 4.49. The molecule has 19 heavy (non-hydrogen) atoms. The molecule has 2 unspecified atom stereocenters. The number of hydrogen-bond acceptors (Lipinski definition) is 3. The van der Waals surface area contributed by atoms with Gasteiger partial charge in [0.1, 0.15) is 0 Å². The van der Waals surface area contributed by atoms with E-state index in [2.05, 4.69) is 12.1 Å². The van der Waals surface area contributed by atoms with E-state index in [1.165, 1.54) is 5.56 Å². The van der Waals surface area contributed by atoms with Crippen LogP contribution < -0.4 is 5.73 Å². The van der Waals surface area contributed by atoms with E-state index in [1.807, 2.05) is 19.1 Å². The Kier molecular flexibility index (Phi) is 3.19. The average Bonchev–Trinajstić information content (AvgIpc) is 3.23. The second-order valence-electron chi connectivity index (χ2n) is 5.99. The number of ether oxygens (including phenoxy) is 1. The molecule has 1 aliphatic heterocycles. The summed E-state index contributed by atoms with van der Waals surface area (Å²) in [6, 6.07) is 8.24. The number of hydrogen-bond donors (Lipinski definition) is 1. The first-order valence-corrected chi connectivity index (χ1v) is 7.10. The highest BCUT2D eigenvalue weighted by molar-refractivity contribution is 5.89. The zero-order valence-electron chi connectivity index (χ0n) is 11.4. The summed E-state index contributed by atoms with van der Waals surface area (Å²) in [5.41, 5.74) is 7.99. The minimum absolute atomic E-state index is 0.112. The number of ketones is 1. The minimum Gasteiger partial charge on any atom is -0.373 e. The maximum atomic E-state index is 12.4. The van der Waals surface area contributed by atoms with Gasteiger partial charge in [0.2, 0.25) is 0 Å². The number of Topliss-reactive ketones (excluding diaryl/α,β-unsaturated/α-hetero) is 1. The van der Waals surface area contributed by atoms with Gasteiger partial charge in [-0.15, -0.1) is 0 Å². The molecule has 2 N–H and O–H groups in total. The number of carbonyl (C=O) groups is 1. The molecule has 2 aliphatic rings. The first kappa shape index (κ1) is 12.8. The van der Waals surface area contributed by atoms with Crippen molar-refractivity contribution in [1.82, 2.24) is 0 Å². The van der Waals surface area contributed by atoms with Crippen molar-refractivity contribution in [3.63, 3.8) is 0 Å². The van der Waals surface area contributed by atoms with Crippen LogP contribution >= 0.6 is 0 Å². The molecular formula is C16H21NO2. The second-order valence-corrected chi connectivity index (χ2v) is 5.99. The molecule has 2 atom stereocenters. The molecular weight excluding hydrogens is 238 g/mol. The van der Waals surface area contributed by atoms with E-state index in [9.17, 15) is 4.79 Å². The normalized spacial score (nSPS) is 25.5. The molecule has 3 heteroatoms. The van der Waals surface area contributed by atoms with Gasteiger partial charge in [-0.25, -0.2) is 0 Å². The first-order valence-electron chi connectivity index (χ1n) is 7.10. The molecule has 1 aliphatic carbocycles. The van der Waals surface area contributed by atoms with Crippen LogP contribution in [0.3, 0.4) is 0 Å². The smallest absolute Gasteiger partial charge is 0.155 e. The van der Waals surface area contributed by atoms with Crippen molar-refractivity contribution < 1.29 is 9.53 Å². The van der Waals surface area contributed by atoms with Gasteiger partial charge < -0.3 is 10.5 Å². The highest BCUT2D eigenvalue weighted by Crippen LogP contribution is 2.40. The summed E-state index contributed by atoms with van der Waals surface area (Å²) in [6.45, 7) is 2.57. The van der Waals surface area contributed by atoms with Crippen molar-refractivity contribution in [2.24, 2.45) is 11.7 Å². The van der Waals surface area contributed by atoms with Gasteiger partial charge in [-0.05, 0) is 43.2 Å². The SMILES string of the molecule is CC(N)(C(=O)CC1OCCc2ccccc21)C1CC1. The van der Waals surface area contributed by atoms with E-state index in [1.54, 1.807) is 0 Å². The van der Waals surface area contributed by atoms with Crippen molar-refractivity contribution in [1.29, 1.82) is 0 Å². The Balaban J connectivity index is 1.76. The van der Waals surface area contributed by atoms with Gasteiger partial charge in [-0.2, -0.15) is 0 Å². The molecule has 0 bridgehead atoms. The van der Waals surface area contributed by atoms with E-state index in [0.29, 0.717) is 18.9 Å². The number of carbonyl (C=O) groups excluding carboxylic acids is 1. The Morgan fingerprint density at radius 3 is 2.89 bits per heavy atom. The lowest BCUT2D eigenvalue weighted by molar-refractivity contribution is -0.127. The summed E-state index contributed by atoms with van der Waals surface area (Å²) in [5, 5.41) is 0. The third-order valence-corrected chi connectivity index (χ3v) is 4.49. The second kappa shape index (κ2) is 4.73. The molecule has 1 aromatic rings. The Labute approximate surface area is 114 Å². The molecule has 1 saturated carbocycles. The van der Waals surface area contributed by atoms with Gasteiger partial charge in [0.25, 0.3) is 0 Å². The number of benzene rings is 1. The van der Waals surface area contributed by atoms with Crippen LogP contribution in [0.2, 0.25) is 0 Å². The topological polar surface area (TPSA) is 52.3 Å². The predicted molar refractivity (Wildman–Crippen MR) is 73.8 cm³/mol. The van der Waals surface area contributed by atoms with Gasteiger partial charge in [-0.3, -0.25) is 4.79 Å². The number of fused-ring (bicyclic) bond motifs is 1. The van der Waals surface area contributed by atoms with Gasteiger partial charge in [0.05, 0.1) is 18.2 Å². The Morgan fingerprint density at radius 1 is 1.42 bits per heavy atom. The number of rotatable bonds is 4. The monoisotopic (exact) mass is 259 g/mol. The van der Waals surface area contributed by atoms with Crippen LogP contribution in [0.15, 0.2) is 24.3 Å². The van der Waals surface area contributed by atoms with Crippen molar-refractivity contribution in [3.8, 4) is 0 Å². The van der Waals surface area contributed by atoms with Gasteiger partial charge >= 0.3 is 0 Å². The lowest BCUT2D eigenvalue weighted by Crippen LogP contribution is -2.47. The predicted octanol–water partition coefficient (Wildman–Crippen LogP) is 2.39. The van der Waals surface area contributed by atoms with E-state index in [-0.39, 0.29) is 11.9 Å². The molecule has 0 amide bonds. The maximum absolute atomic E-state index is 12.4. The van der Waals surface area contributed by atoms with Crippen LogP contribution in [0.4, 0.5) is 0 Å². The molecule has 1 aromatic carbocycles. The quantitative estimate of drug-likeness (QED) is 0.903. The van der Waals surface area contributed by atoms with Gasteiger partial charge in [-0.1, -0.05) is 24.3 Å². The molecule has 3 rings (SSSR count). The fraction of sp³-hybridized carbons (Fsp3) is 0.562. The van der Waals surface area contributed by atoms with Crippen LogP contribution in [-0.4, -0.2) is 17.9 Å². The largest absolute Gasteiger partial charge is 0.373 e. The number of nitrogens with two attached hydrogens (primary N) is 1. The molecule has 3 nitrogen and oxygen atoms in total. The lowest BCUT2D eigenvalue weighted by atomic mass is 9.86. The summed E-state index contributed by atoms with van der Waals surface area (Å²) in [5.74, 6) is 0.510. The van der Waals surface area contributed by atoms with Crippen molar-refractivity contribution in [3.05, 3.63) is 35.4 Å². The van der Waals surface area contributed by atoms with Gasteiger partial charge in [0.15, 0.2) is 5.78 Å². The summed E-state index contributed by atoms with van der Waals surface area (Å²) in [4.78, 5) is 12.4. The fourth-order valence-corrected chi connectivity index (χ4v) is 2.94. The summed E-state index contributed by atoms with van der Waals surface area (Å²) in [7, 11) is 0. The standard InChI is InChI=1S/C16H21NO2/c1-16(17,12-6-7-12)15(18)10-14-13-5-3-2-4-11(13)8-9-19-14/h2-5,12,14H,6-10,17H2,1H3.